The summed E-state index contributed by atoms with van der Waals surface area (Å²) in [6.07, 6.45) is 3.18. The monoisotopic (exact) mass is 347 g/mol. The van der Waals surface area contributed by atoms with E-state index in [4.69, 9.17) is 4.74 Å². The van der Waals surface area contributed by atoms with Crippen LogP contribution in [0.5, 0.6) is 5.75 Å². The van der Waals surface area contributed by atoms with Crippen LogP contribution in [0.15, 0.2) is 29.3 Å². The standard InChI is InChI=1S/C20H33N3O2/c1-5-8-15-12-18(15)23-20(21-6-2)22-13-19(24)16-9-7-10-17(11-16)25-14(3)4/h7,9-11,14-15,18-19,24H,5-6,8,12-13H2,1-4H3,(H2,21,22,23). The van der Waals surface area contributed by atoms with Crippen molar-refractivity contribution in [3.8, 4) is 5.75 Å². The highest BCUT2D eigenvalue weighted by atomic mass is 16.5. The fourth-order valence-electron chi connectivity index (χ4n) is 2.96. The molecule has 1 fully saturated rings. The first kappa shape index (κ1) is 19.6. The highest BCUT2D eigenvalue weighted by Gasteiger charge is 2.36. The minimum absolute atomic E-state index is 0.115. The average Bonchev–Trinajstić information content (AvgIpc) is 3.30. The fourth-order valence-corrected chi connectivity index (χ4v) is 2.96. The van der Waals surface area contributed by atoms with Crippen LogP contribution in [0.2, 0.25) is 0 Å². The van der Waals surface area contributed by atoms with Crippen molar-refractivity contribution < 1.29 is 9.84 Å². The second-order valence-corrected chi connectivity index (χ2v) is 7.01. The van der Waals surface area contributed by atoms with Gasteiger partial charge in [0.05, 0.1) is 18.8 Å². The Morgan fingerprint density at radius 2 is 2.16 bits per heavy atom. The zero-order chi connectivity index (χ0) is 18.2. The minimum Gasteiger partial charge on any atom is -0.491 e. The maximum Gasteiger partial charge on any atom is 0.191 e. The summed E-state index contributed by atoms with van der Waals surface area (Å²) in [5.41, 5.74) is 0.827. The van der Waals surface area contributed by atoms with Crippen molar-refractivity contribution >= 4 is 5.96 Å². The van der Waals surface area contributed by atoms with Crippen molar-refractivity contribution in [2.24, 2.45) is 10.9 Å². The first-order chi connectivity index (χ1) is 12.0. The van der Waals surface area contributed by atoms with Crippen LogP contribution in [0.4, 0.5) is 0 Å². The summed E-state index contributed by atoms with van der Waals surface area (Å²) in [6, 6.07) is 8.14. The SMILES string of the molecule is CCCC1CC1NC(=NCC(O)c1cccc(OC(C)C)c1)NCC. The van der Waals surface area contributed by atoms with E-state index in [0.717, 1.165) is 29.7 Å². The molecule has 0 heterocycles. The maximum absolute atomic E-state index is 10.5. The Bertz CT molecular complexity index is 560. The fraction of sp³-hybridized carbons (Fsp3) is 0.650. The molecule has 3 atom stereocenters. The molecule has 3 N–H and O–H groups in total. The molecule has 0 aromatic heterocycles. The van der Waals surface area contributed by atoms with Crippen molar-refractivity contribution in [2.75, 3.05) is 13.1 Å². The van der Waals surface area contributed by atoms with E-state index in [1.165, 1.54) is 19.3 Å². The number of aliphatic hydroxyl groups is 1. The molecule has 5 nitrogen and oxygen atoms in total. The smallest absolute Gasteiger partial charge is 0.191 e. The van der Waals surface area contributed by atoms with Gasteiger partial charge in [0.1, 0.15) is 5.75 Å². The highest BCUT2D eigenvalue weighted by Crippen LogP contribution is 2.34. The molecule has 0 aliphatic heterocycles. The molecule has 1 aromatic carbocycles. The lowest BCUT2D eigenvalue weighted by Gasteiger charge is -2.15. The minimum atomic E-state index is -0.642. The summed E-state index contributed by atoms with van der Waals surface area (Å²) in [7, 11) is 0. The van der Waals surface area contributed by atoms with Crippen LogP contribution in [0, 0.1) is 5.92 Å². The molecule has 0 spiro atoms. The Kier molecular flexibility index (Phi) is 7.56. The number of rotatable bonds is 9. The zero-order valence-electron chi connectivity index (χ0n) is 16.0. The summed E-state index contributed by atoms with van der Waals surface area (Å²) in [5, 5.41) is 17.2. The molecule has 5 heteroatoms. The topological polar surface area (TPSA) is 65.9 Å². The summed E-state index contributed by atoms with van der Waals surface area (Å²) in [6.45, 7) is 9.40. The van der Waals surface area contributed by atoms with Gasteiger partial charge in [0, 0.05) is 12.6 Å². The third kappa shape index (κ3) is 6.58. The second kappa shape index (κ2) is 9.66. The van der Waals surface area contributed by atoms with Gasteiger partial charge < -0.3 is 20.5 Å². The van der Waals surface area contributed by atoms with Crippen LogP contribution in [-0.2, 0) is 0 Å². The number of guanidine groups is 1. The van der Waals surface area contributed by atoms with E-state index in [2.05, 4.69) is 29.5 Å². The molecule has 1 saturated carbocycles. The Morgan fingerprint density at radius 3 is 2.84 bits per heavy atom. The van der Waals surface area contributed by atoms with Crippen molar-refractivity contribution in [1.82, 2.24) is 10.6 Å². The molecular formula is C20H33N3O2. The van der Waals surface area contributed by atoms with Crippen LogP contribution in [-0.4, -0.2) is 36.3 Å². The van der Waals surface area contributed by atoms with Gasteiger partial charge in [0.2, 0.25) is 0 Å². The van der Waals surface area contributed by atoms with Crippen LogP contribution in [0.1, 0.15) is 58.6 Å². The average molecular weight is 348 g/mol. The van der Waals surface area contributed by atoms with Crippen LogP contribution in [0.3, 0.4) is 0 Å². The lowest BCUT2D eigenvalue weighted by atomic mass is 10.1. The number of hydrogen-bond acceptors (Lipinski definition) is 3. The van der Waals surface area contributed by atoms with Gasteiger partial charge in [-0.1, -0.05) is 25.5 Å². The highest BCUT2D eigenvalue weighted by molar-refractivity contribution is 5.80. The van der Waals surface area contributed by atoms with E-state index in [-0.39, 0.29) is 6.10 Å². The number of nitrogens with zero attached hydrogens (tertiary/aromatic N) is 1. The summed E-state index contributed by atoms with van der Waals surface area (Å²) >= 11 is 0. The third-order valence-electron chi connectivity index (χ3n) is 4.29. The van der Waals surface area contributed by atoms with Gasteiger partial charge in [0.25, 0.3) is 0 Å². The predicted octanol–water partition coefficient (Wildman–Crippen LogP) is 3.25. The number of aliphatic hydroxyl groups excluding tert-OH is 1. The van der Waals surface area contributed by atoms with E-state index in [0.29, 0.717) is 12.6 Å². The summed E-state index contributed by atoms with van der Waals surface area (Å²) in [5.74, 6) is 2.34. The van der Waals surface area contributed by atoms with Crippen LogP contribution < -0.4 is 15.4 Å². The van der Waals surface area contributed by atoms with Crippen molar-refractivity contribution in [3.05, 3.63) is 29.8 Å². The van der Waals surface area contributed by atoms with Crippen LogP contribution in [0.25, 0.3) is 0 Å². The van der Waals surface area contributed by atoms with E-state index < -0.39 is 6.10 Å². The maximum atomic E-state index is 10.5. The van der Waals surface area contributed by atoms with E-state index in [1.807, 2.05) is 38.1 Å². The van der Waals surface area contributed by atoms with E-state index in [1.54, 1.807) is 0 Å². The van der Waals surface area contributed by atoms with Gasteiger partial charge in [0.15, 0.2) is 5.96 Å². The molecule has 1 aliphatic rings. The number of nitrogens with one attached hydrogen (secondary N) is 2. The number of benzene rings is 1. The van der Waals surface area contributed by atoms with Crippen molar-refractivity contribution in [1.29, 1.82) is 0 Å². The molecule has 0 bridgehead atoms. The summed E-state index contributed by atoms with van der Waals surface area (Å²) in [4.78, 5) is 4.56. The predicted molar refractivity (Wildman–Crippen MR) is 103 cm³/mol. The molecule has 3 unspecified atom stereocenters. The molecule has 0 amide bonds. The number of hydrogen-bond donors (Lipinski definition) is 3. The molecule has 0 radical (unpaired) electrons. The number of aliphatic imine (C=N–C) groups is 1. The molecule has 1 aliphatic carbocycles. The first-order valence-electron chi connectivity index (χ1n) is 9.53. The van der Waals surface area contributed by atoms with E-state index >= 15 is 0 Å². The van der Waals surface area contributed by atoms with Gasteiger partial charge in [-0.15, -0.1) is 0 Å². The number of ether oxygens (including phenoxy) is 1. The van der Waals surface area contributed by atoms with Crippen molar-refractivity contribution in [3.63, 3.8) is 0 Å². The Hall–Kier alpha value is -1.75. The van der Waals surface area contributed by atoms with E-state index in [9.17, 15) is 5.11 Å². The first-order valence-corrected chi connectivity index (χ1v) is 9.53. The van der Waals surface area contributed by atoms with Gasteiger partial charge in [-0.05, 0) is 57.2 Å². The van der Waals surface area contributed by atoms with Crippen LogP contribution >= 0.6 is 0 Å². The Balaban J connectivity index is 1.92. The van der Waals surface area contributed by atoms with Gasteiger partial charge in [-0.3, -0.25) is 4.99 Å². The molecule has 2 rings (SSSR count). The van der Waals surface area contributed by atoms with Gasteiger partial charge in [-0.2, -0.15) is 0 Å². The zero-order valence-corrected chi connectivity index (χ0v) is 16.0. The second-order valence-electron chi connectivity index (χ2n) is 7.01. The molecular weight excluding hydrogens is 314 g/mol. The largest absolute Gasteiger partial charge is 0.491 e. The van der Waals surface area contributed by atoms with Gasteiger partial charge >= 0.3 is 0 Å². The summed E-state index contributed by atoms with van der Waals surface area (Å²) < 4.78 is 5.69. The molecule has 25 heavy (non-hydrogen) atoms. The lowest BCUT2D eigenvalue weighted by molar-refractivity contribution is 0.185. The third-order valence-corrected chi connectivity index (χ3v) is 4.29. The van der Waals surface area contributed by atoms with Gasteiger partial charge in [-0.25, -0.2) is 0 Å². The van der Waals surface area contributed by atoms with Crippen molar-refractivity contribution in [2.45, 2.75) is 65.2 Å². The lowest BCUT2D eigenvalue weighted by Crippen LogP contribution is -2.39. The molecule has 140 valence electrons. The Morgan fingerprint density at radius 1 is 1.36 bits per heavy atom. The quantitative estimate of drug-likeness (QED) is 0.474. The normalized spacial score (nSPS) is 21.1. The molecule has 1 aromatic rings. The molecule has 0 saturated heterocycles. The Labute approximate surface area is 151 Å².